The number of hydrogen-bond acceptors (Lipinski definition) is 3. The number of carbonyl (C=O) groups is 2. The summed E-state index contributed by atoms with van der Waals surface area (Å²) < 4.78 is 5.91. The van der Waals surface area contributed by atoms with Crippen LogP contribution in [0.3, 0.4) is 0 Å². The highest BCUT2D eigenvalue weighted by Crippen LogP contribution is 2.36. The van der Waals surface area contributed by atoms with Gasteiger partial charge in [-0.1, -0.05) is 19.9 Å². The number of benzene rings is 1. The number of quaternary nitrogens is 1. The van der Waals surface area contributed by atoms with Crippen molar-refractivity contribution in [2.75, 3.05) is 44.7 Å². The number of nitrogens with one attached hydrogen (secondary N) is 1. The number of ether oxygens (including phenoxy) is 1. The Morgan fingerprint density at radius 2 is 2.00 bits per heavy atom. The highest BCUT2D eigenvalue weighted by atomic mass is 16.5. The number of carbonyl (C=O) groups excluding carboxylic acids is 2. The Kier molecular flexibility index (Phi) is 4.99. The molecule has 0 aliphatic carbocycles. The number of anilines is 1. The highest BCUT2D eigenvalue weighted by Gasteiger charge is 2.38. The number of amides is 2. The second kappa shape index (κ2) is 7.04. The van der Waals surface area contributed by atoms with Crippen molar-refractivity contribution in [3.8, 4) is 5.75 Å². The molecule has 25 heavy (non-hydrogen) atoms. The summed E-state index contributed by atoms with van der Waals surface area (Å²) >= 11 is 0. The van der Waals surface area contributed by atoms with Gasteiger partial charge in [-0.2, -0.15) is 0 Å². The second-order valence-electron chi connectivity index (χ2n) is 7.52. The minimum atomic E-state index is -0.542. The predicted octanol–water partition coefficient (Wildman–Crippen LogP) is 0.102. The number of likely N-dealkylation sites (N-methyl/N-ethyl adjacent to an activating group) is 1. The van der Waals surface area contributed by atoms with Crippen molar-refractivity contribution >= 4 is 17.5 Å². The largest absolute Gasteiger partial charge is 0.478 e. The van der Waals surface area contributed by atoms with Crippen LogP contribution in [0.1, 0.15) is 19.4 Å². The smallest absolute Gasteiger partial charge is 0.268 e. The zero-order chi connectivity index (χ0) is 18.1. The third-order valence-corrected chi connectivity index (χ3v) is 5.04. The van der Waals surface area contributed by atoms with Crippen molar-refractivity contribution < 1.29 is 19.2 Å². The van der Waals surface area contributed by atoms with Gasteiger partial charge < -0.3 is 14.5 Å². The van der Waals surface area contributed by atoms with Crippen molar-refractivity contribution in [3.63, 3.8) is 0 Å². The number of rotatable bonds is 3. The molecule has 2 amide bonds. The molecular weight excluding hydrogens is 318 g/mol. The summed E-state index contributed by atoms with van der Waals surface area (Å²) in [5.74, 6) is 0.616. The Morgan fingerprint density at radius 3 is 2.64 bits per heavy atom. The molecule has 0 radical (unpaired) electrons. The number of fused-ring (bicyclic) bond motifs is 1. The molecule has 2 aliphatic rings. The molecule has 136 valence electrons. The van der Waals surface area contributed by atoms with E-state index in [1.807, 2.05) is 43.9 Å². The van der Waals surface area contributed by atoms with E-state index in [0.717, 1.165) is 31.7 Å². The van der Waals surface area contributed by atoms with Gasteiger partial charge >= 0.3 is 0 Å². The molecule has 0 bridgehead atoms. The van der Waals surface area contributed by atoms with Gasteiger partial charge in [0, 0.05) is 0 Å². The number of nitrogens with zero attached hydrogens (tertiary/aromatic N) is 2. The summed E-state index contributed by atoms with van der Waals surface area (Å²) in [6.45, 7) is 9.38. The molecule has 1 saturated heterocycles. The van der Waals surface area contributed by atoms with E-state index in [0.29, 0.717) is 11.4 Å². The van der Waals surface area contributed by atoms with Gasteiger partial charge in [-0.05, 0) is 30.5 Å². The molecule has 2 heterocycles. The fourth-order valence-electron chi connectivity index (χ4n) is 3.35. The Labute approximate surface area is 149 Å². The van der Waals surface area contributed by atoms with E-state index >= 15 is 0 Å². The van der Waals surface area contributed by atoms with Crippen molar-refractivity contribution in [2.45, 2.75) is 26.9 Å². The van der Waals surface area contributed by atoms with Crippen LogP contribution in [0, 0.1) is 12.8 Å². The van der Waals surface area contributed by atoms with E-state index in [2.05, 4.69) is 7.05 Å². The Hall–Kier alpha value is -2.08. The SMILES string of the molecule is Cc1ccc2c(c1)N(CC(=O)N1CC[NH+](C)CC1)C(=O)[C@@H](C(C)C)O2. The van der Waals surface area contributed by atoms with Crippen LogP contribution in [0.15, 0.2) is 18.2 Å². The fraction of sp³-hybridized carbons (Fsp3) is 0.579. The standard InChI is InChI=1S/C19H27N3O3/c1-13(2)18-19(24)22(15-11-14(3)5-6-16(15)25-18)12-17(23)21-9-7-20(4)8-10-21/h5-6,11,13,18H,7-10,12H2,1-4H3/p+1/t18-/m1/s1. The van der Waals surface area contributed by atoms with E-state index < -0.39 is 6.10 Å². The summed E-state index contributed by atoms with van der Waals surface area (Å²) in [5, 5.41) is 0. The van der Waals surface area contributed by atoms with Crippen LogP contribution in [0.25, 0.3) is 0 Å². The van der Waals surface area contributed by atoms with Crippen LogP contribution in [0.2, 0.25) is 0 Å². The van der Waals surface area contributed by atoms with E-state index in [4.69, 9.17) is 4.74 Å². The normalized spacial score (nSPS) is 21.3. The van der Waals surface area contributed by atoms with Crippen LogP contribution < -0.4 is 14.5 Å². The van der Waals surface area contributed by atoms with Gasteiger partial charge in [0.15, 0.2) is 6.10 Å². The second-order valence-corrected chi connectivity index (χ2v) is 7.52. The average molecular weight is 346 g/mol. The Morgan fingerprint density at radius 1 is 1.32 bits per heavy atom. The third kappa shape index (κ3) is 3.63. The average Bonchev–Trinajstić information content (AvgIpc) is 2.57. The molecule has 2 aliphatic heterocycles. The van der Waals surface area contributed by atoms with Gasteiger partial charge in [0.2, 0.25) is 5.91 Å². The van der Waals surface area contributed by atoms with Crippen LogP contribution in [-0.4, -0.2) is 62.6 Å². The molecule has 0 unspecified atom stereocenters. The van der Waals surface area contributed by atoms with Crippen LogP contribution >= 0.6 is 0 Å². The monoisotopic (exact) mass is 346 g/mol. The zero-order valence-electron chi connectivity index (χ0n) is 15.5. The maximum absolute atomic E-state index is 12.9. The van der Waals surface area contributed by atoms with Crippen LogP contribution in [0.4, 0.5) is 5.69 Å². The van der Waals surface area contributed by atoms with Crippen molar-refractivity contribution in [2.24, 2.45) is 5.92 Å². The topological polar surface area (TPSA) is 54.3 Å². The summed E-state index contributed by atoms with van der Waals surface area (Å²) in [7, 11) is 2.14. The summed E-state index contributed by atoms with van der Waals surface area (Å²) in [6.07, 6.45) is -0.542. The summed E-state index contributed by atoms with van der Waals surface area (Å²) in [6, 6.07) is 5.78. The summed E-state index contributed by atoms with van der Waals surface area (Å²) in [4.78, 5) is 30.6. The zero-order valence-corrected chi connectivity index (χ0v) is 15.5. The first-order valence-electron chi connectivity index (χ1n) is 9.04. The minimum Gasteiger partial charge on any atom is -0.478 e. The first-order chi connectivity index (χ1) is 11.9. The number of piperazine rings is 1. The van der Waals surface area contributed by atoms with Gasteiger partial charge in [-0.3, -0.25) is 14.5 Å². The molecular formula is C19H28N3O3+. The first kappa shape index (κ1) is 17.7. The molecule has 0 spiro atoms. The maximum Gasteiger partial charge on any atom is 0.268 e. The van der Waals surface area contributed by atoms with Gasteiger partial charge in [0.1, 0.15) is 12.3 Å². The number of hydrogen-bond donors (Lipinski definition) is 1. The maximum atomic E-state index is 12.9. The molecule has 1 aromatic rings. The lowest BCUT2D eigenvalue weighted by Crippen LogP contribution is -3.12. The van der Waals surface area contributed by atoms with Crippen molar-refractivity contribution in [1.29, 1.82) is 0 Å². The van der Waals surface area contributed by atoms with Crippen molar-refractivity contribution in [1.82, 2.24) is 4.90 Å². The Balaban J connectivity index is 1.84. The van der Waals surface area contributed by atoms with E-state index in [1.54, 1.807) is 4.90 Å². The van der Waals surface area contributed by atoms with Gasteiger partial charge in [0.05, 0.1) is 38.9 Å². The molecule has 3 rings (SSSR count). The van der Waals surface area contributed by atoms with Crippen LogP contribution in [0.5, 0.6) is 5.75 Å². The lowest BCUT2D eigenvalue weighted by atomic mass is 10.0. The molecule has 0 saturated carbocycles. The Bertz CT molecular complexity index is 666. The molecule has 1 aromatic carbocycles. The molecule has 6 heteroatoms. The van der Waals surface area contributed by atoms with Gasteiger partial charge in [-0.15, -0.1) is 0 Å². The first-order valence-corrected chi connectivity index (χ1v) is 9.04. The molecule has 6 nitrogen and oxygen atoms in total. The molecule has 1 fully saturated rings. The lowest BCUT2D eigenvalue weighted by Gasteiger charge is -2.37. The lowest BCUT2D eigenvalue weighted by molar-refractivity contribution is -0.883. The number of aryl methyl sites for hydroxylation is 1. The van der Waals surface area contributed by atoms with Crippen LogP contribution in [-0.2, 0) is 9.59 Å². The fourth-order valence-corrected chi connectivity index (χ4v) is 3.35. The summed E-state index contributed by atoms with van der Waals surface area (Å²) in [5.41, 5.74) is 1.74. The predicted molar refractivity (Wildman–Crippen MR) is 96.0 cm³/mol. The van der Waals surface area contributed by atoms with Gasteiger partial charge in [-0.25, -0.2) is 0 Å². The van der Waals surface area contributed by atoms with E-state index in [9.17, 15) is 9.59 Å². The van der Waals surface area contributed by atoms with Crippen molar-refractivity contribution in [3.05, 3.63) is 23.8 Å². The third-order valence-electron chi connectivity index (χ3n) is 5.04. The molecule has 1 N–H and O–H groups in total. The van der Waals surface area contributed by atoms with Gasteiger partial charge in [0.25, 0.3) is 5.91 Å². The quantitative estimate of drug-likeness (QED) is 0.845. The molecule has 1 atom stereocenters. The van der Waals surface area contributed by atoms with E-state index in [-0.39, 0.29) is 24.3 Å². The molecule has 0 aromatic heterocycles. The highest BCUT2D eigenvalue weighted by molar-refractivity contribution is 6.04. The minimum absolute atomic E-state index is 0.0118. The van der Waals surface area contributed by atoms with E-state index in [1.165, 1.54) is 4.90 Å².